The summed E-state index contributed by atoms with van der Waals surface area (Å²) in [5, 5.41) is 13.6. The first-order valence-corrected chi connectivity index (χ1v) is 13.1. The van der Waals surface area contributed by atoms with Gasteiger partial charge in [-0.15, -0.1) is 0 Å². The molecule has 0 fully saturated rings. The number of carboxylic acid groups (broad SMARTS) is 1. The largest absolute Gasteiger partial charge is 0.481 e. The van der Waals surface area contributed by atoms with Crippen molar-refractivity contribution in [1.29, 1.82) is 0 Å². The van der Waals surface area contributed by atoms with Gasteiger partial charge in [0, 0.05) is 49.1 Å². The number of hydrogen-bond donors (Lipinski definition) is 2. The van der Waals surface area contributed by atoms with Crippen molar-refractivity contribution in [3.63, 3.8) is 0 Å². The van der Waals surface area contributed by atoms with Crippen LogP contribution in [0.15, 0.2) is 84.6 Å². The normalized spacial score (nSPS) is 20.5. The third-order valence-corrected chi connectivity index (χ3v) is 7.51. The average Bonchev–Trinajstić information content (AvgIpc) is 3.46. The Bertz CT molecular complexity index is 1470. The predicted octanol–water partition coefficient (Wildman–Crippen LogP) is 4.31. The molecule has 3 atom stereocenters. The molecule has 0 saturated heterocycles. The van der Waals surface area contributed by atoms with Gasteiger partial charge in [-0.05, 0) is 42.7 Å². The van der Waals surface area contributed by atoms with Gasteiger partial charge in [0.25, 0.3) is 0 Å². The van der Waals surface area contributed by atoms with Gasteiger partial charge in [-0.1, -0.05) is 42.5 Å². The van der Waals surface area contributed by atoms with Crippen LogP contribution in [0.1, 0.15) is 42.9 Å². The van der Waals surface area contributed by atoms with Gasteiger partial charge in [0.15, 0.2) is 0 Å². The molecule has 41 heavy (non-hydrogen) atoms. The van der Waals surface area contributed by atoms with Crippen LogP contribution in [0.3, 0.4) is 0 Å². The molecule has 0 radical (unpaired) electrons. The molecule has 214 valence electrons. The Labute approximate surface area is 237 Å². The van der Waals surface area contributed by atoms with Gasteiger partial charge in [-0.25, -0.2) is 19.0 Å². The van der Waals surface area contributed by atoms with Crippen LogP contribution in [0.2, 0.25) is 0 Å². The monoisotopic (exact) mass is 561 g/mol. The van der Waals surface area contributed by atoms with E-state index in [9.17, 15) is 19.5 Å². The van der Waals surface area contributed by atoms with E-state index >= 15 is 4.39 Å². The third-order valence-electron chi connectivity index (χ3n) is 7.51. The van der Waals surface area contributed by atoms with Crippen molar-refractivity contribution in [1.82, 2.24) is 14.9 Å². The molecule has 3 unspecified atom stereocenters. The molecule has 0 spiro atoms. The fourth-order valence-electron chi connectivity index (χ4n) is 5.41. The molecule has 0 saturated carbocycles. The summed E-state index contributed by atoms with van der Waals surface area (Å²) in [5.74, 6) is -4.53. The standard InChI is InChI=1S/C31H32FN3O6/c1-20-27(29(37)40-3)28(24-6-4-5-7-25(24)32)31(30(38)39,21(2)34-20)14-17-41-26(36)13-12-22-8-10-23(11-9-22)18-35-16-15-33-19-35/h4-13,15-16,19,21,28,34H,14,17-18H2,1-3H3,(H,38,39). The molecule has 2 heterocycles. The molecular weight excluding hydrogens is 529 g/mol. The van der Waals surface area contributed by atoms with E-state index in [1.54, 1.807) is 38.5 Å². The minimum atomic E-state index is -1.74. The van der Waals surface area contributed by atoms with E-state index in [2.05, 4.69) is 10.3 Å². The topological polar surface area (TPSA) is 120 Å². The first-order valence-electron chi connectivity index (χ1n) is 13.1. The summed E-state index contributed by atoms with van der Waals surface area (Å²) < 4.78 is 27.4. The van der Waals surface area contributed by atoms with Crippen molar-refractivity contribution in [3.05, 3.63) is 107 Å². The Morgan fingerprint density at radius 3 is 2.54 bits per heavy atom. The van der Waals surface area contributed by atoms with Crippen LogP contribution in [0.4, 0.5) is 4.39 Å². The molecule has 0 aliphatic carbocycles. The van der Waals surface area contributed by atoms with Crippen molar-refractivity contribution in [3.8, 4) is 0 Å². The number of hydrogen-bond acceptors (Lipinski definition) is 7. The zero-order chi connectivity index (χ0) is 29.6. The number of benzene rings is 2. The number of ether oxygens (including phenoxy) is 2. The quantitative estimate of drug-likeness (QED) is 0.278. The SMILES string of the molecule is COC(=O)C1=C(C)NC(C)C(CCOC(=O)C=Cc2ccc(Cn3ccnc3)cc2)(C(=O)O)C1c1ccccc1F. The third kappa shape index (κ3) is 6.21. The number of aromatic nitrogens is 2. The van der Waals surface area contributed by atoms with Crippen LogP contribution >= 0.6 is 0 Å². The van der Waals surface area contributed by atoms with Crippen LogP contribution in [0.25, 0.3) is 6.08 Å². The molecule has 10 heteroatoms. The second kappa shape index (κ2) is 12.6. The molecule has 1 aliphatic rings. The lowest BCUT2D eigenvalue weighted by atomic mass is 9.60. The Morgan fingerprint density at radius 2 is 1.90 bits per heavy atom. The van der Waals surface area contributed by atoms with Crippen molar-refractivity contribution in [2.24, 2.45) is 5.41 Å². The number of halogens is 1. The van der Waals surface area contributed by atoms with Crippen molar-refractivity contribution in [2.45, 2.75) is 38.8 Å². The number of carboxylic acids is 1. The number of aliphatic carboxylic acids is 1. The van der Waals surface area contributed by atoms with Gasteiger partial charge in [0.2, 0.25) is 0 Å². The van der Waals surface area contributed by atoms with Gasteiger partial charge in [0.1, 0.15) is 11.2 Å². The highest BCUT2D eigenvalue weighted by atomic mass is 19.1. The number of imidazole rings is 1. The number of nitrogens with zero attached hydrogens (tertiary/aromatic N) is 2. The summed E-state index contributed by atoms with van der Waals surface area (Å²) in [6, 6.07) is 12.6. The average molecular weight is 562 g/mol. The fourth-order valence-corrected chi connectivity index (χ4v) is 5.41. The summed E-state index contributed by atoms with van der Waals surface area (Å²) in [6.07, 6.45) is 7.99. The highest BCUT2D eigenvalue weighted by Crippen LogP contribution is 2.51. The smallest absolute Gasteiger partial charge is 0.336 e. The lowest BCUT2D eigenvalue weighted by Crippen LogP contribution is -2.57. The summed E-state index contributed by atoms with van der Waals surface area (Å²) in [4.78, 5) is 42.4. The first kappa shape index (κ1) is 29.3. The van der Waals surface area contributed by atoms with Gasteiger partial charge in [-0.2, -0.15) is 0 Å². The van der Waals surface area contributed by atoms with Gasteiger partial charge < -0.3 is 24.5 Å². The number of rotatable bonds is 10. The van der Waals surface area contributed by atoms with E-state index in [0.29, 0.717) is 12.2 Å². The van der Waals surface area contributed by atoms with Gasteiger partial charge >= 0.3 is 17.9 Å². The Morgan fingerprint density at radius 1 is 1.17 bits per heavy atom. The van der Waals surface area contributed by atoms with Crippen LogP contribution in [0, 0.1) is 11.2 Å². The first-order chi connectivity index (χ1) is 19.7. The molecule has 9 nitrogen and oxygen atoms in total. The number of allylic oxidation sites excluding steroid dienone is 1. The molecular formula is C31H32FN3O6. The second-order valence-corrected chi connectivity index (χ2v) is 9.92. The van der Waals surface area contributed by atoms with Crippen molar-refractivity contribution < 1.29 is 33.4 Å². The lowest BCUT2D eigenvalue weighted by Gasteiger charge is -2.47. The highest BCUT2D eigenvalue weighted by Gasteiger charge is 2.57. The van der Waals surface area contributed by atoms with E-state index in [1.807, 2.05) is 35.0 Å². The molecule has 1 aromatic heterocycles. The van der Waals surface area contributed by atoms with E-state index in [1.165, 1.54) is 31.4 Å². The lowest BCUT2D eigenvalue weighted by molar-refractivity contribution is -0.156. The zero-order valence-corrected chi connectivity index (χ0v) is 23.0. The van der Waals surface area contributed by atoms with Gasteiger partial charge in [-0.3, -0.25) is 4.79 Å². The number of methoxy groups -OCH3 is 1. The highest BCUT2D eigenvalue weighted by molar-refractivity contribution is 5.94. The molecule has 1 aliphatic heterocycles. The Balaban J connectivity index is 1.52. The van der Waals surface area contributed by atoms with Crippen LogP contribution in [-0.4, -0.2) is 52.3 Å². The van der Waals surface area contributed by atoms with Crippen LogP contribution < -0.4 is 5.32 Å². The fraction of sp³-hybridized carbons (Fsp3) is 0.290. The summed E-state index contributed by atoms with van der Waals surface area (Å²) in [7, 11) is 1.18. The minimum Gasteiger partial charge on any atom is -0.481 e. The molecule has 4 rings (SSSR count). The van der Waals surface area contributed by atoms with Crippen molar-refractivity contribution in [2.75, 3.05) is 13.7 Å². The molecule has 0 bridgehead atoms. The van der Waals surface area contributed by atoms with Crippen LogP contribution in [0.5, 0.6) is 0 Å². The second-order valence-electron chi connectivity index (χ2n) is 9.92. The van der Waals surface area contributed by atoms with E-state index in [-0.39, 0.29) is 24.2 Å². The number of esters is 2. The van der Waals surface area contributed by atoms with Crippen LogP contribution in [-0.2, 0) is 30.4 Å². The number of carbonyl (C=O) groups is 3. The van der Waals surface area contributed by atoms with E-state index < -0.39 is 41.1 Å². The number of carbonyl (C=O) groups excluding carboxylic acids is 2. The molecule has 3 aromatic rings. The van der Waals surface area contributed by atoms with E-state index in [4.69, 9.17) is 9.47 Å². The Hall–Kier alpha value is -4.73. The molecule has 0 amide bonds. The Kier molecular flexibility index (Phi) is 9.01. The maximum atomic E-state index is 15.1. The minimum absolute atomic E-state index is 0.0146. The van der Waals surface area contributed by atoms with Crippen molar-refractivity contribution >= 4 is 24.0 Å². The molecule has 2 N–H and O–H groups in total. The van der Waals surface area contributed by atoms with Gasteiger partial charge in [0.05, 0.1) is 25.6 Å². The summed E-state index contributed by atoms with van der Waals surface area (Å²) in [5.41, 5.74) is 0.570. The predicted molar refractivity (Wildman–Crippen MR) is 149 cm³/mol. The molecule has 2 aromatic carbocycles. The maximum absolute atomic E-state index is 15.1. The summed E-state index contributed by atoms with van der Waals surface area (Å²) in [6.45, 7) is 3.67. The van der Waals surface area contributed by atoms with E-state index in [0.717, 1.165) is 11.1 Å². The maximum Gasteiger partial charge on any atom is 0.336 e. The number of nitrogens with one attached hydrogen (secondary N) is 1. The summed E-state index contributed by atoms with van der Waals surface area (Å²) >= 11 is 0. The zero-order valence-electron chi connectivity index (χ0n) is 23.0.